The Bertz CT molecular complexity index is 949. The molecule has 0 atom stereocenters. The van der Waals surface area contributed by atoms with E-state index in [4.69, 9.17) is 16.7 Å². The van der Waals surface area contributed by atoms with Crippen molar-refractivity contribution in [3.63, 3.8) is 0 Å². The van der Waals surface area contributed by atoms with E-state index < -0.39 is 11.6 Å². The van der Waals surface area contributed by atoms with E-state index in [9.17, 15) is 15.0 Å². The molecule has 0 amide bonds. The van der Waals surface area contributed by atoms with Gasteiger partial charge in [-0.2, -0.15) is 4.98 Å². The minimum absolute atomic E-state index is 0.126. The summed E-state index contributed by atoms with van der Waals surface area (Å²) >= 11 is 6.21. The van der Waals surface area contributed by atoms with Gasteiger partial charge in [-0.3, -0.25) is 4.79 Å². The quantitative estimate of drug-likeness (QED) is 0.529. The summed E-state index contributed by atoms with van der Waals surface area (Å²) in [6.07, 6.45) is 5.70. The highest BCUT2D eigenvalue weighted by Gasteiger charge is 2.26. The first-order valence-corrected chi connectivity index (χ1v) is 10.9. The molecule has 31 heavy (non-hydrogen) atoms. The number of nitrogens with zero attached hydrogens (tertiary/aromatic N) is 2. The fourth-order valence-electron chi connectivity index (χ4n) is 4.30. The van der Waals surface area contributed by atoms with Crippen molar-refractivity contribution in [3.8, 4) is 5.88 Å². The first kappa shape index (κ1) is 23.2. The van der Waals surface area contributed by atoms with Crippen molar-refractivity contribution >= 4 is 29.2 Å². The zero-order valence-electron chi connectivity index (χ0n) is 18.1. The predicted molar refractivity (Wildman–Crippen MR) is 121 cm³/mol. The minimum Gasteiger partial charge on any atom is -0.493 e. The number of carboxylic acid groups (broad SMARTS) is 1. The number of aliphatic carboxylic acids is 1. The molecule has 0 radical (unpaired) electrons. The third kappa shape index (κ3) is 5.83. The molecule has 1 saturated carbocycles. The van der Waals surface area contributed by atoms with Crippen LogP contribution in [0.2, 0.25) is 5.15 Å². The average Bonchev–Trinajstić information content (AvgIpc) is 2.67. The van der Waals surface area contributed by atoms with Gasteiger partial charge in [-0.05, 0) is 81.1 Å². The first-order chi connectivity index (χ1) is 14.5. The van der Waals surface area contributed by atoms with E-state index in [2.05, 4.69) is 22.1 Å². The van der Waals surface area contributed by atoms with Crippen LogP contribution in [0.4, 0.5) is 0 Å². The number of aryl methyl sites for hydroxylation is 1. The number of hydrogen-bond acceptors (Lipinski definition) is 5. The Morgan fingerprint density at radius 3 is 2.29 bits per heavy atom. The Labute approximate surface area is 187 Å². The molecule has 1 aromatic heterocycles. The second-order valence-corrected chi connectivity index (χ2v) is 9.21. The highest BCUT2D eigenvalue weighted by Crippen LogP contribution is 2.38. The third-order valence-electron chi connectivity index (χ3n) is 5.94. The molecule has 7 heteroatoms. The number of aromatic nitrogens is 2. The summed E-state index contributed by atoms with van der Waals surface area (Å²) in [5.41, 5.74) is 1.70. The number of halogens is 1. The Balaban J connectivity index is 1.84. The van der Waals surface area contributed by atoms with Crippen molar-refractivity contribution in [1.82, 2.24) is 9.97 Å². The summed E-state index contributed by atoms with van der Waals surface area (Å²) in [5.74, 6) is 0.106. The molecule has 6 nitrogen and oxygen atoms in total. The van der Waals surface area contributed by atoms with Gasteiger partial charge in [0, 0.05) is 6.42 Å². The van der Waals surface area contributed by atoms with Gasteiger partial charge in [0.15, 0.2) is 0 Å². The van der Waals surface area contributed by atoms with Gasteiger partial charge in [-0.15, -0.1) is 0 Å². The molecule has 1 aliphatic rings. The Morgan fingerprint density at radius 1 is 1.16 bits per heavy atom. The van der Waals surface area contributed by atoms with Crippen LogP contribution in [-0.2, 0) is 4.79 Å². The molecule has 2 aromatic rings. The van der Waals surface area contributed by atoms with E-state index in [-0.39, 0.29) is 28.9 Å². The number of carboxylic acids is 1. The zero-order chi connectivity index (χ0) is 22.8. The van der Waals surface area contributed by atoms with Gasteiger partial charge in [-0.1, -0.05) is 35.9 Å². The van der Waals surface area contributed by atoms with Crippen LogP contribution in [0.5, 0.6) is 5.88 Å². The summed E-state index contributed by atoms with van der Waals surface area (Å²) in [6.45, 7) is 5.00. The monoisotopic (exact) mass is 444 g/mol. The summed E-state index contributed by atoms with van der Waals surface area (Å²) in [5, 5.41) is 30.1. The molecular weight excluding hydrogens is 416 g/mol. The molecule has 3 rings (SSSR count). The predicted octanol–water partition coefficient (Wildman–Crippen LogP) is 5.20. The van der Waals surface area contributed by atoms with Gasteiger partial charge in [0.1, 0.15) is 11.0 Å². The lowest BCUT2D eigenvalue weighted by molar-refractivity contribution is -0.138. The van der Waals surface area contributed by atoms with E-state index in [1.807, 2.05) is 12.1 Å². The number of rotatable bonds is 6. The lowest BCUT2D eigenvalue weighted by atomic mass is 9.77. The highest BCUT2D eigenvalue weighted by molar-refractivity contribution is 6.31. The van der Waals surface area contributed by atoms with E-state index >= 15 is 0 Å². The molecule has 0 aliphatic heterocycles. The maximum atomic E-state index is 10.9. The maximum Gasteiger partial charge on any atom is 0.303 e. The lowest BCUT2D eigenvalue weighted by Gasteiger charge is -2.28. The summed E-state index contributed by atoms with van der Waals surface area (Å²) in [4.78, 5) is 19.0. The van der Waals surface area contributed by atoms with Gasteiger partial charge in [-0.25, -0.2) is 4.98 Å². The van der Waals surface area contributed by atoms with Crippen molar-refractivity contribution in [2.24, 2.45) is 5.92 Å². The van der Waals surface area contributed by atoms with Crippen molar-refractivity contribution in [3.05, 3.63) is 51.9 Å². The van der Waals surface area contributed by atoms with Crippen LogP contribution in [0.25, 0.3) is 11.6 Å². The number of benzene rings is 1. The fourth-order valence-corrected chi connectivity index (χ4v) is 4.56. The molecule has 1 fully saturated rings. The van der Waals surface area contributed by atoms with Crippen LogP contribution < -0.4 is 0 Å². The first-order valence-electron chi connectivity index (χ1n) is 10.5. The molecule has 1 heterocycles. The van der Waals surface area contributed by atoms with Crippen molar-refractivity contribution < 1.29 is 20.1 Å². The average molecular weight is 445 g/mol. The zero-order valence-corrected chi connectivity index (χ0v) is 18.9. The van der Waals surface area contributed by atoms with Gasteiger partial charge >= 0.3 is 5.97 Å². The van der Waals surface area contributed by atoms with Crippen molar-refractivity contribution in [2.75, 3.05) is 0 Å². The second kappa shape index (κ2) is 9.37. The molecule has 166 valence electrons. The van der Waals surface area contributed by atoms with Crippen molar-refractivity contribution in [1.29, 1.82) is 0 Å². The van der Waals surface area contributed by atoms with Gasteiger partial charge in [0.25, 0.3) is 0 Å². The minimum atomic E-state index is -1.18. The van der Waals surface area contributed by atoms with Crippen molar-refractivity contribution in [2.45, 2.75) is 64.4 Å². The van der Waals surface area contributed by atoms with Crippen LogP contribution >= 0.6 is 11.6 Å². The highest BCUT2D eigenvalue weighted by atomic mass is 35.5. The number of aromatic hydroxyl groups is 1. The Kier molecular flexibility index (Phi) is 7.02. The molecular formula is C24H29ClN2O4. The molecule has 1 aliphatic carbocycles. The largest absolute Gasteiger partial charge is 0.493 e. The van der Waals surface area contributed by atoms with Gasteiger partial charge < -0.3 is 15.3 Å². The lowest BCUT2D eigenvalue weighted by Crippen LogP contribution is -2.21. The summed E-state index contributed by atoms with van der Waals surface area (Å²) < 4.78 is 0. The Hall–Kier alpha value is -2.44. The van der Waals surface area contributed by atoms with Crippen LogP contribution in [0.15, 0.2) is 24.3 Å². The smallest absolute Gasteiger partial charge is 0.303 e. The van der Waals surface area contributed by atoms with E-state index in [1.54, 1.807) is 26.8 Å². The maximum absolute atomic E-state index is 10.9. The number of aliphatic hydroxyl groups is 1. The van der Waals surface area contributed by atoms with Crippen LogP contribution in [-0.4, -0.2) is 36.9 Å². The van der Waals surface area contributed by atoms with Crippen LogP contribution in [0, 0.1) is 12.8 Å². The number of carbonyl (C=O) groups is 1. The molecule has 0 bridgehead atoms. The van der Waals surface area contributed by atoms with Crippen LogP contribution in [0.1, 0.15) is 74.4 Å². The van der Waals surface area contributed by atoms with E-state index in [0.717, 1.165) is 31.2 Å². The number of hydrogen-bond donors (Lipinski definition) is 3. The topological polar surface area (TPSA) is 104 Å². The standard InChI is InChI=1S/C24H29ClN2O4/c1-14-26-22(25)19(23(30)27-14)13-20(24(2,3)31)18-10-8-17(9-11-18)16-6-4-15(5-7-16)12-21(28)29/h8-11,13,15-16,31H,4-7,12H2,1-3H3,(H,28,29)(H,26,27,30)/b20-13-/t15-,16-. The summed E-state index contributed by atoms with van der Waals surface area (Å²) in [6, 6.07) is 8.04. The molecule has 3 N–H and O–H groups in total. The van der Waals surface area contributed by atoms with E-state index in [1.165, 1.54) is 5.56 Å². The second-order valence-electron chi connectivity index (χ2n) is 8.85. The molecule has 0 unspecified atom stereocenters. The normalized spacial score (nSPS) is 20.0. The van der Waals surface area contributed by atoms with Gasteiger partial charge in [0.05, 0.1) is 11.2 Å². The van der Waals surface area contributed by atoms with E-state index in [0.29, 0.717) is 17.3 Å². The Morgan fingerprint density at radius 2 is 1.77 bits per heavy atom. The molecule has 0 saturated heterocycles. The van der Waals surface area contributed by atoms with Crippen LogP contribution in [0.3, 0.4) is 0 Å². The fraction of sp³-hybridized carbons (Fsp3) is 0.458. The molecule has 1 aromatic carbocycles. The summed E-state index contributed by atoms with van der Waals surface area (Å²) in [7, 11) is 0. The molecule has 0 spiro atoms. The van der Waals surface area contributed by atoms with Gasteiger partial charge in [0.2, 0.25) is 5.88 Å². The third-order valence-corrected chi connectivity index (χ3v) is 6.23. The SMILES string of the molecule is Cc1nc(O)c(/C=C(/c2ccc([C@H]3CC[C@H](CC(=O)O)CC3)cc2)C(C)(C)O)c(Cl)n1.